The van der Waals surface area contributed by atoms with Gasteiger partial charge in [0.15, 0.2) is 40.7 Å². The molecule has 4 fully saturated rings. The first-order valence-corrected chi connectivity index (χ1v) is 49.7. The molecule has 4 aliphatic heterocycles. The van der Waals surface area contributed by atoms with Gasteiger partial charge in [-0.1, -0.05) is 148 Å². The van der Waals surface area contributed by atoms with Crippen LogP contribution in [0.1, 0.15) is 176 Å². The van der Waals surface area contributed by atoms with Crippen molar-refractivity contribution in [2.45, 2.75) is 162 Å². The van der Waals surface area contributed by atoms with Crippen LogP contribution in [0.15, 0.2) is 230 Å². The number of piperidine rings is 4. The Morgan fingerprint density at radius 2 is 0.810 bits per heavy atom. The standard InChI is InChI=1S/C28H33N7O2.2C26H29N7O2.C26H27N5O3S/c1-18(2)17-29-28(36)22-9-10-23(19(3)15-22)30-26-27(32-25-24(31-26)33-37-34-25)35-13-11-21(12-14-35)16-20-7-5-4-6-8-20;1-17(2)27-26(34)20-9-6-10-21(16-20)28-24-25(30-23-22(29-24)31-35-32-23)33-13-11-19(12-14-33)15-18-7-4-3-5-8-18;1-2-14-27-26(34)20-8-10-21(11-9-20)28-24-25(30-23-22(29-24)31-35-32-23)33-15-12-19(13-16-33)17-18-6-4-3-5-7-18;1-16(2)33-26(32)19-6-4-5-18(15-19)22-25(28-24-23(27-22)29-34-30-24)31-13-11-21(12-14-31)35-20-9-7-17(3)8-10-20/h4-10,15,18,21H,11-14,16-17H2,1-3H3,(H,29,36)(H,30,31,33);3-10,16-17,19H,11-15H2,1-2H3,(H,27,34)(H,28,29,31);3-11,19H,2,12-17H2,1H3,(H,27,34)(H,28,29,31);4-10,15-16,21H,11-14H2,1-3H3. The molecule has 8 aromatic carbocycles. The van der Waals surface area contributed by atoms with Gasteiger partial charge in [-0.05, 0) is 291 Å². The van der Waals surface area contributed by atoms with Crippen LogP contribution in [0.25, 0.3) is 56.4 Å². The molecule has 0 radical (unpaired) electrons. The van der Waals surface area contributed by atoms with E-state index in [0.29, 0.717) is 138 Å². The van der Waals surface area contributed by atoms with Crippen molar-refractivity contribution in [2.75, 3.05) is 101 Å². The van der Waals surface area contributed by atoms with Gasteiger partial charge in [-0.15, -0.1) is 11.8 Å². The van der Waals surface area contributed by atoms with Crippen molar-refractivity contribution in [3.63, 3.8) is 0 Å². The monoisotopic (exact) mass is 1930 g/mol. The molecule has 12 heterocycles. The number of benzene rings is 8. The summed E-state index contributed by atoms with van der Waals surface area (Å²) in [5.74, 6) is 6.34. The van der Waals surface area contributed by atoms with Gasteiger partial charge in [-0.3, -0.25) is 14.4 Å². The molecule has 0 spiro atoms. The Morgan fingerprint density at radius 1 is 0.394 bits per heavy atom. The maximum Gasteiger partial charge on any atom is 0.338 e. The smallest absolute Gasteiger partial charge is 0.338 e. The molecule has 6 N–H and O–H groups in total. The number of carbonyl (C=O) groups excluding carboxylic acids is 4. The second-order valence-corrected chi connectivity index (χ2v) is 38.7. The van der Waals surface area contributed by atoms with Crippen LogP contribution in [-0.2, 0) is 24.0 Å². The average molecular weight is 1930 g/mol. The molecule has 35 nitrogen and oxygen atoms in total. The Morgan fingerprint density at radius 3 is 1.27 bits per heavy atom. The molecule has 0 bridgehead atoms. The Bertz CT molecular complexity index is 6900. The van der Waals surface area contributed by atoms with Crippen molar-refractivity contribution in [3.8, 4) is 11.3 Å². The molecular formula is C106H118N26O9S. The number of aryl methyl sites for hydroxylation is 2. The molecule has 0 aliphatic carbocycles. The predicted molar refractivity (Wildman–Crippen MR) is 549 cm³/mol. The maximum absolute atomic E-state index is 12.5. The maximum atomic E-state index is 12.5. The van der Waals surface area contributed by atoms with Crippen LogP contribution in [0.2, 0.25) is 0 Å². The van der Waals surface area contributed by atoms with Crippen LogP contribution >= 0.6 is 11.8 Å². The third-order valence-corrected chi connectivity index (χ3v) is 26.5. The van der Waals surface area contributed by atoms with E-state index in [2.05, 4.69) is 244 Å². The van der Waals surface area contributed by atoms with Gasteiger partial charge in [0.1, 0.15) is 5.69 Å². The normalized spacial score (nSPS) is 14.4. The van der Waals surface area contributed by atoms with Crippen LogP contribution in [0.5, 0.6) is 0 Å². The number of aromatic nitrogens is 16. The number of hydrogen-bond donors (Lipinski definition) is 6. The van der Waals surface area contributed by atoms with Crippen molar-refractivity contribution >= 4 is 138 Å². The number of rotatable bonds is 29. The molecule has 36 heteroatoms. The first kappa shape index (κ1) is 98.1. The zero-order valence-corrected chi connectivity index (χ0v) is 82.1. The van der Waals surface area contributed by atoms with Gasteiger partial charge in [-0.25, -0.2) is 63.2 Å². The summed E-state index contributed by atoms with van der Waals surface area (Å²) >= 11 is 1.93. The van der Waals surface area contributed by atoms with Crippen LogP contribution in [-0.4, -0.2) is 188 Å². The number of amides is 3. The molecule has 4 saturated heterocycles. The summed E-state index contributed by atoms with van der Waals surface area (Å²) in [6.45, 7) is 26.0. The quantitative estimate of drug-likeness (QED) is 0.0237. The van der Waals surface area contributed by atoms with E-state index in [4.69, 9.17) is 48.2 Å². The summed E-state index contributed by atoms with van der Waals surface area (Å²) in [5.41, 5.74) is 15.4. The number of esters is 1. The minimum Gasteiger partial charge on any atom is -0.459 e. The summed E-state index contributed by atoms with van der Waals surface area (Å²) in [4.78, 5) is 97.5. The van der Waals surface area contributed by atoms with E-state index < -0.39 is 0 Å². The lowest BCUT2D eigenvalue weighted by Gasteiger charge is -2.33. The fourth-order valence-electron chi connectivity index (χ4n) is 17.7. The van der Waals surface area contributed by atoms with Gasteiger partial charge < -0.3 is 56.2 Å². The number of thioether (sulfide) groups is 1. The fraction of sp³-hybridized carbons (Fsp3) is 0.358. The van der Waals surface area contributed by atoms with Gasteiger partial charge >= 0.3 is 5.97 Å². The fourth-order valence-corrected chi connectivity index (χ4v) is 18.8. The van der Waals surface area contributed by atoms with Crippen molar-refractivity contribution in [1.82, 2.24) is 97.1 Å². The second-order valence-electron chi connectivity index (χ2n) is 37.3. The van der Waals surface area contributed by atoms with Crippen LogP contribution < -0.4 is 51.5 Å². The molecule has 20 rings (SSSR count). The van der Waals surface area contributed by atoms with E-state index in [0.717, 1.165) is 175 Å². The summed E-state index contributed by atoms with van der Waals surface area (Å²) in [7, 11) is 0. The number of ether oxygens (including phenoxy) is 1. The van der Waals surface area contributed by atoms with Gasteiger partial charge in [0.25, 0.3) is 17.7 Å². The zero-order chi connectivity index (χ0) is 98.4. The lowest BCUT2D eigenvalue weighted by atomic mass is 9.90. The lowest BCUT2D eigenvalue weighted by Crippen LogP contribution is -2.35. The number of fused-ring (bicyclic) bond motifs is 4. The van der Waals surface area contributed by atoms with Crippen molar-refractivity contribution in [3.05, 3.63) is 256 Å². The van der Waals surface area contributed by atoms with E-state index in [9.17, 15) is 19.2 Å². The average Bonchev–Trinajstić information content (AvgIpc) is 1.47. The van der Waals surface area contributed by atoms with Crippen LogP contribution in [0, 0.1) is 37.5 Å². The van der Waals surface area contributed by atoms with E-state index in [1.165, 1.54) is 27.1 Å². The third kappa shape index (κ3) is 26.0. The number of nitrogens with one attached hydrogen (secondary N) is 6. The highest BCUT2D eigenvalue weighted by Gasteiger charge is 2.32. The number of nitrogens with zero attached hydrogens (tertiary/aromatic N) is 20. The first-order chi connectivity index (χ1) is 69.2. The topological polar surface area (TPSA) is 421 Å². The molecule has 142 heavy (non-hydrogen) atoms. The molecule has 0 unspecified atom stereocenters. The minimum absolute atomic E-state index is 0.0588. The zero-order valence-electron chi connectivity index (χ0n) is 81.3. The highest BCUT2D eigenvalue weighted by molar-refractivity contribution is 8.00. The molecule has 0 saturated carbocycles. The molecule has 8 aromatic heterocycles. The SMILES string of the molecule is CC(C)NC(=O)c1cccc(Nc2nc3nonc3nc2N2CCC(Cc3ccccc3)CC2)c1.CCCNC(=O)c1ccc(Nc2nc3nonc3nc2N2CCC(Cc3ccccc3)CC2)cc1.Cc1cc(C(=O)NCC(C)C)ccc1Nc1nc2nonc2nc1N1CCC(Cc2ccccc2)CC1.Cc1ccc(SC2CCN(c3nc4nonc4nc3-c3cccc(C(=O)OC(C)C)c3)CC2)cc1. The molecule has 4 aliphatic rings. The molecule has 16 aromatic rings. The summed E-state index contributed by atoms with van der Waals surface area (Å²) in [6, 6.07) is 68.3. The van der Waals surface area contributed by atoms with E-state index >= 15 is 0 Å². The number of hydrogen-bond acceptors (Lipinski definition) is 33. The van der Waals surface area contributed by atoms with Crippen LogP contribution in [0.3, 0.4) is 0 Å². The van der Waals surface area contributed by atoms with E-state index in [1.807, 2.05) is 108 Å². The summed E-state index contributed by atoms with van der Waals surface area (Å²) in [5, 5.41) is 50.5. The van der Waals surface area contributed by atoms with Gasteiger partial charge in [0, 0.05) is 121 Å². The van der Waals surface area contributed by atoms with E-state index in [1.54, 1.807) is 36.4 Å². The van der Waals surface area contributed by atoms with Crippen molar-refractivity contribution < 1.29 is 42.4 Å². The summed E-state index contributed by atoms with van der Waals surface area (Å²) < 4.78 is 24.8. The molecular weight excluding hydrogens is 1810 g/mol. The highest BCUT2D eigenvalue weighted by atomic mass is 32.2. The van der Waals surface area contributed by atoms with E-state index in [-0.39, 0.29) is 35.8 Å². The Balaban J connectivity index is 0.000000130. The largest absolute Gasteiger partial charge is 0.459 e. The second kappa shape index (κ2) is 47.0. The van der Waals surface area contributed by atoms with Crippen LogP contribution in [0.4, 0.5) is 57.8 Å². The third-order valence-electron chi connectivity index (χ3n) is 25.2. The lowest BCUT2D eigenvalue weighted by molar-refractivity contribution is 0.0377. The van der Waals surface area contributed by atoms with Gasteiger partial charge in [0.2, 0.25) is 45.2 Å². The van der Waals surface area contributed by atoms with Crippen molar-refractivity contribution in [2.24, 2.45) is 23.7 Å². The molecule has 0 atom stereocenters. The summed E-state index contributed by atoms with van der Waals surface area (Å²) in [6.07, 6.45) is 12.5. The Kier molecular flexibility index (Phi) is 32.5. The predicted octanol–water partition coefficient (Wildman–Crippen LogP) is 18.9. The Hall–Kier alpha value is -15.5. The highest BCUT2D eigenvalue weighted by Crippen LogP contribution is 2.40. The molecule has 732 valence electrons. The van der Waals surface area contributed by atoms with Crippen molar-refractivity contribution in [1.29, 1.82) is 0 Å². The molecule has 3 amide bonds. The minimum atomic E-state index is -0.366. The number of anilines is 10. The Labute approximate surface area is 827 Å². The van der Waals surface area contributed by atoms with Gasteiger partial charge in [-0.2, -0.15) is 0 Å². The number of carbonyl (C=O) groups is 4. The van der Waals surface area contributed by atoms with Gasteiger partial charge in [0.05, 0.1) is 11.7 Å². The first-order valence-electron chi connectivity index (χ1n) is 48.8.